The minimum absolute atomic E-state index is 0.185. The van der Waals surface area contributed by atoms with E-state index in [9.17, 15) is 9.18 Å². The second kappa shape index (κ2) is 7.29. The first-order valence-corrected chi connectivity index (χ1v) is 10.2. The molecule has 4 aromatic rings. The first kappa shape index (κ1) is 17.8. The van der Waals surface area contributed by atoms with Crippen LogP contribution in [-0.2, 0) is 0 Å². The molecule has 0 unspecified atom stereocenters. The second-order valence-corrected chi connectivity index (χ2v) is 7.65. The number of halogens is 1. The lowest BCUT2D eigenvalue weighted by Crippen LogP contribution is -2.49. The number of fused-ring (bicyclic) bond motifs is 1. The molecule has 29 heavy (non-hydrogen) atoms. The van der Waals surface area contributed by atoms with Gasteiger partial charge in [0.15, 0.2) is 5.76 Å². The molecule has 0 aliphatic carbocycles. The Bertz CT molecular complexity index is 1180. The van der Waals surface area contributed by atoms with Crippen LogP contribution in [0.1, 0.15) is 10.6 Å². The number of carbonyl (C=O) groups is 1. The Labute approximate surface area is 170 Å². The third-order valence-electron chi connectivity index (χ3n) is 5.06. The Morgan fingerprint density at radius 2 is 1.86 bits per heavy atom. The maximum atomic E-state index is 14.0. The van der Waals surface area contributed by atoms with Crippen LogP contribution >= 0.6 is 11.3 Å². The van der Waals surface area contributed by atoms with E-state index >= 15 is 0 Å². The maximum Gasteiger partial charge on any atom is 0.289 e. The van der Waals surface area contributed by atoms with Gasteiger partial charge in [-0.05, 0) is 35.7 Å². The van der Waals surface area contributed by atoms with Crippen LogP contribution in [0.3, 0.4) is 0 Å². The number of furan rings is 1. The first-order valence-electron chi connectivity index (χ1n) is 9.28. The summed E-state index contributed by atoms with van der Waals surface area (Å²) in [5, 5.41) is 3.05. The highest BCUT2D eigenvalue weighted by atomic mass is 32.1. The molecular formula is C21H17FN4O2S. The Hall–Kier alpha value is -3.26. The van der Waals surface area contributed by atoms with E-state index in [0.717, 1.165) is 16.0 Å². The second-order valence-electron chi connectivity index (χ2n) is 6.76. The molecule has 4 heterocycles. The summed E-state index contributed by atoms with van der Waals surface area (Å²) in [5.41, 5.74) is 0.347. The third kappa shape index (κ3) is 3.25. The fourth-order valence-corrected chi connectivity index (χ4v) is 4.29. The van der Waals surface area contributed by atoms with Crippen molar-refractivity contribution >= 4 is 33.3 Å². The predicted molar refractivity (Wildman–Crippen MR) is 110 cm³/mol. The van der Waals surface area contributed by atoms with E-state index < -0.39 is 0 Å². The lowest BCUT2D eigenvalue weighted by Gasteiger charge is -2.35. The maximum absolute atomic E-state index is 14.0. The molecule has 5 rings (SSSR count). The van der Waals surface area contributed by atoms with Crippen LogP contribution in [0, 0.1) is 5.82 Å². The largest absolute Gasteiger partial charge is 0.451 e. The summed E-state index contributed by atoms with van der Waals surface area (Å²) in [6.45, 7) is 2.47. The van der Waals surface area contributed by atoms with Gasteiger partial charge in [0.2, 0.25) is 0 Å². The zero-order chi connectivity index (χ0) is 19.8. The number of nitrogens with zero attached hydrogens (tertiary/aromatic N) is 4. The van der Waals surface area contributed by atoms with Crippen molar-refractivity contribution in [2.45, 2.75) is 0 Å². The van der Waals surface area contributed by atoms with Crippen LogP contribution in [0.2, 0.25) is 0 Å². The van der Waals surface area contributed by atoms with Gasteiger partial charge in [0, 0.05) is 26.2 Å². The van der Waals surface area contributed by atoms with E-state index in [4.69, 9.17) is 4.42 Å². The Morgan fingerprint density at radius 1 is 1.03 bits per heavy atom. The normalized spacial score (nSPS) is 14.5. The molecule has 1 saturated heterocycles. The number of carbonyl (C=O) groups excluding carboxylic acids is 1. The molecule has 1 fully saturated rings. The SMILES string of the molecule is O=C(c1ccc(-c2ccccc2F)o1)N1CCN(c2ncnc3sccc23)CC1. The average Bonchev–Trinajstić information content (AvgIpc) is 3.43. The molecule has 3 aromatic heterocycles. The van der Waals surface area contributed by atoms with Crippen molar-refractivity contribution in [1.29, 1.82) is 0 Å². The highest BCUT2D eigenvalue weighted by Crippen LogP contribution is 2.28. The fourth-order valence-electron chi connectivity index (χ4n) is 3.56. The van der Waals surface area contributed by atoms with E-state index in [2.05, 4.69) is 14.9 Å². The van der Waals surface area contributed by atoms with Crippen molar-refractivity contribution in [2.75, 3.05) is 31.1 Å². The zero-order valence-electron chi connectivity index (χ0n) is 15.4. The monoisotopic (exact) mass is 408 g/mol. The van der Waals surface area contributed by atoms with Crippen LogP contribution in [0.15, 0.2) is 58.6 Å². The number of hydrogen-bond acceptors (Lipinski definition) is 6. The number of anilines is 1. The number of hydrogen-bond donors (Lipinski definition) is 0. The summed E-state index contributed by atoms with van der Waals surface area (Å²) in [6, 6.07) is 11.6. The summed E-state index contributed by atoms with van der Waals surface area (Å²) >= 11 is 1.59. The Morgan fingerprint density at radius 3 is 2.69 bits per heavy atom. The van der Waals surface area contributed by atoms with Crippen molar-refractivity contribution in [2.24, 2.45) is 0 Å². The minimum atomic E-state index is -0.376. The van der Waals surface area contributed by atoms with E-state index in [1.54, 1.807) is 52.9 Å². The molecule has 146 valence electrons. The lowest BCUT2D eigenvalue weighted by atomic mass is 10.1. The van der Waals surface area contributed by atoms with Gasteiger partial charge < -0.3 is 14.2 Å². The molecule has 1 aliphatic rings. The molecule has 0 radical (unpaired) electrons. The number of piperazine rings is 1. The highest BCUT2D eigenvalue weighted by Gasteiger charge is 2.26. The van der Waals surface area contributed by atoms with Gasteiger partial charge in [-0.2, -0.15) is 0 Å². The number of thiophene rings is 1. The minimum Gasteiger partial charge on any atom is -0.451 e. The third-order valence-corrected chi connectivity index (χ3v) is 5.88. The van der Waals surface area contributed by atoms with Crippen LogP contribution in [0.5, 0.6) is 0 Å². The fraction of sp³-hybridized carbons (Fsp3) is 0.190. The summed E-state index contributed by atoms with van der Waals surface area (Å²) < 4.78 is 19.6. The van der Waals surface area contributed by atoms with Gasteiger partial charge in [0.25, 0.3) is 5.91 Å². The van der Waals surface area contributed by atoms with E-state index in [-0.39, 0.29) is 17.5 Å². The summed E-state index contributed by atoms with van der Waals surface area (Å²) in [4.78, 5) is 26.5. The molecule has 1 aromatic carbocycles. The summed E-state index contributed by atoms with van der Waals surface area (Å²) in [6.07, 6.45) is 1.58. The molecule has 0 spiro atoms. The van der Waals surface area contributed by atoms with Gasteiger partial charge in [-0.3, -0.25) is 4.79 Å². The van der Waals surface area contributed by atoms with Gasteiger partial charge in [-0.15, -0.1) is 11.3 Å². The van der Waals surface area contributed by atoms with Gasteiger partial charge in [-0.1, -0.05) is 12.1 Å². The first-order chi connectivity index (χ1) is 14.2. The topological polar surface area (TPSA) is 62.5 Å². The molecule has 0 bridgehead atoms. The molecule has 6 nitrogen and oxygen atoms in total. The van der Waals surface area contributed by atoms with Gasteiger partial charge >= 0.3 is 0 Å². The van der Waals surface area contributed by atoms with Crippen molar-refractivity contribution < 1.29 is 13.6 Å². The van der Waals surface area contributed by atoms with E-state index in [1.807, 2.05) is 11.4 Å². The van der Waals surface area contributed by atoms with E-state index in [1.165, 1.54) is 6.07 Å². The number of rotatable bonds is 3. The lowest BCUT2D eigenvalue weighted by molar-refractivity contribution is 0.0715. The van der Waals surface area contributed by atoms with Crippen LogP contribution in [0.25, 0.3) is 21.5 Å². The molecule has 1 amide bonds. The molecular weight excluding hydrogens is 391 g/mol. The smallest absolute Gasteiger partial charge is 0.289 e. The molecule has 1 aliphatic heterocycles. The zero-order valence-corrected chi connectivity index (χ0v) is 16.2. The van der Waals surface area contributed by atoms with Crippen molar-refractivity contribution in [3.05, 3.63) is 65.7 Å². The summed E-state index contributed by atoms with van der Waals surface area (Å²) in [7, 11) is 0. The van der Waals surface area contributed by atoms with Crippen LogP contribution < -0.4 is 4.90 Å². The number of benzene rings is 1. The molecule has 0 N–H and O–H groups in total. The standard InChI is InChI=1S/C21H17FN4O2S/c22-16-4-2-1-3-14(16)17-5-6-18(28-17)21(27)26-10-8-25(9-11-26)19-15-7-12-29-20(15)24-13-23-19/h1-7,12-13H,8-11H2. The van der Waals surface area contributed by atoms with E-state index in [0.29, 0.717) is 37.5 Å². The predicted octanol–water partition coefficient (Wildman–Crippen LogP) is 4.05. The van der Waals surface area contributed by atoms with Gasteiger partial charge in [0.1, 0.15) is 28.6 Å². The molecule has 8 heteroatoms. The highest BCUT2D eigenvalue weighted by molar-refractivity contribution is 7.16. The van der Waals surface area contributed by atoms with Crippen molar-refractivity contribution in [1.82, 2.24) is 14.9 Å². The number of amides is 1. The van der Waals surface area contributed by atoms with Crippen LogP contribution in [0.4, 0.5) is 10.2 Å². The molecule has 0 atom stereocenters. The quantitative estimate of drug-likeness (QED) is 0.512. The number of aromatic nitrogens is 2. The van der Waals surface area contributed by atoms with Gasteiger partial charge in [0.05, 0.1) is 10.9 Å². The van der Waals surface area contributed by atoms with Crippen molar-refractivity contribution in [3.63, 3.8) is 0 Å². The Kier molecular flexibility index (Phi) is 4.48. The van der Waals surface area contributed by atoms with Crippen LogP contribution in [-0.4, -0.2) is 47.0 Å². The van der Waals surface area contributed by atoms with Crippen molar-refractivity contribution in [3.8, 4) is 11.3 Å². The average molecular weight is 408 g/mol. The van der Waals surface area contributed by atoms with Gasteiger partial charge in [-0.25, -0.2) is 14.4 Å². The molecule has 0 saturated carbocycles. The summed E-state index contributed by atoms with van der Waals surface area (Å²) in [5.74, 6) is 0.919. The Balaban J connectivity index is 1.30.